The second-order valence-electron chi connectivity index (χ2n) is 7.18. The van der Waals surface area contributed by atoms with Gasteiger partial charge in [0, 0.05) is 31.3 Å². The van der Waals surface area contributed by atoms with E-state index in [1.165, 1.54) is 4.57 Å². The Morgan fingerprint density at radius 1 is 1.22 bits per heavy atom. The molecule has 1 aliphatic carbocycles. The normalized spacial score (nSPS) is 17.5. The van der Waals surface area contributed by atoms with Crippen molar-refractivity contribution >= 4 is 22.8 Å². The van der Waals surface area contributed by atoms with E-state index in [-0.39, 0.29) is 29.8 Å². The Morgan fingerprint density at radius 3 is 2.56 bits per heavy atom. The topological polar surface area (TPSA) is 52.7 Å². The number of nitrogens with zero attached hydrogens (tertiary/aromatic N) is 4. The minimum absolute atomic E-state index is 0.0701. The van der Waals surface area contributed by atoms with E-state index in [0.29, 0.717) is 41.4 Å². The van der Waals surface area contributed by atoms with Crippen LogP contribution in [0.5, 0.6) is 0 Å². The number of fused-ring (bicyclic) bond motifs is 1. The van der Waals surface area contributed by atoms with Gasteiger partial charge in [0.2, 0.25) is 5.92 Å². The molecule has 0 atom stereocenters. The first-order valence-corrected chi connectivity index (χ1v) is 9.28. The van der Waals surface area contributed by atoms with Crippen molar-refractivity contribution in [1.29, 1.82) is 0 Å². The van der Waals surface area contributed by atoms with Gasteiger partial charge >= 0.3 is 0 Å². The molecule has 2 aromatic heterocycles. The van der Waals surface area contributed by atoms with Crippen LogP contribution >= 0.6 is 11.6 Å². The van der Waals surface area contributed by atoms with Crippen molar-refractivity contribution < 1.29 is 8.78 Å². The van der Waals surface area contributed by atoms with Crippen LogP contribution in [0.25, 0.3) is 16.9 Å². The summed E-state index contributed by atoms with van der Waals surface area (Å²) < 4.78 is 30.2. The lowest BCUT2D eigenvalue weighted by molar-refractivity contribution is -0.0458. The number of aryl methyl sites for hydroxylation is 1. The van der Waals surface area contributed by atoms with Crippen LogP contribution < -0.4 is 5.56 Å². The average molecular weight is 393 g/mol. The van der Waals surface area contributed by atoms with Gasteiger partial charge in [-0.2, -0.15) is 0 Å². The minimum Gasteiger partial charge on any atom is -0.318 e. The predicted molar refractivity (Wildman–Crippen MR) is 99.7 cm³/mol. The van der Waals surface area contributed by atoms with Gasteiger partial charge in [-0.05, 0) is 43.0 Å². The minimum atomic E-state index is -2.58. The van der Waals surface area contributed by atoms with Crippen molar-refractivity contribution in [2.75, 3.05) is 0 Å². The van der Waals surface area contributed by atoms with E-state index < -0.39 is 5.92 Å². The maximum absolute atomic E-state index is 13.5. The van der Waals surface area contributed by atoms with E-state index in [1.54, 1.807) is 42.2 Å². The number of rotatable bonds is 3. The zero-order valence-electron chi connectivity index (χ0n) is 14.8. The van der Waals surface area contributed by atoms with Crippen LogP contribution in [0, 0.1) is 5.92 Å². The third-order valence-corrected chi connectivity index (χ3v) is 5.45. The van der Waals surface area contributed by atoms with Gasteiger partial charge in [-0.15, -0.1) is 0 Å². The summed E-state index contributed by atoms with van der Waals surface area (Å²) in [6, 6.07) is 6.91. The number of benzene rings is 1. The second-order valence-corrected chi connectivity index (χ2v) is 7.61. The number of imidazole rings is 1. The number of aromatic nitrogens is 4. The van der Waals surface area contributed by atoms with Crippen LogP contribution in [-0.2, 0) is 13.5 Å². The molecule has 142 valence electrons. The molecule has 0 amide bonds. The standard InChI is InChI=1S/C19H19ClF2N4O/c1-25-11-23-16-17(25)24-15(10-12-6-8-19(21,22)9-7-12)26(18(16)27)14-4-2-13(20)3-5-14/h2-5,11-12H,6-10H2,1H3. The monoisotopic (exact) mass is 392 g/mol. The molecule has 27 heavy (non-hydrogen) atoms. The number of hydrogen-bond acceptors (Lipinski definition) is 3. The highest BCUT2D eigenvalue weighted by molar-refractivity contribution is 6.30. The summed E-state index contributed by atoms with van der Waals surface area (Å²) in [4.78, 5) is 21.9. The number of hydrogen-bond donors (Lipinski definition) is 0. The molecule has 3 aromatic rings. The Morgan fingerprint density at radius 2 is 1.89 bits per heavy atom. The highest BCUT2D eigenvalue weighted by Gasteiger charge is 2.35. The molecule has 8 heteroatoms. The summed E-state index contributed by atoms with van der Waals surface area (Å²) in [5.41, 5.74) is 1.16. The van der Waals surface area contributed by atoms with Crippen molar-refractivity contribution in [3.8, 4) is 5.69 Å². The third kappa shape index (κ3) is 3.48. The molecule has 5 nitrogen and oxygen atoms in total. The first-order valence-electron chi connectivity index (χ1n) is 8.91. The molecular formula is C19H19ClF2N4O. The fraction of sp³-hybridized carbons (Fsp3) is 0.421. The van der Waals surface area contributed by atoms with E-state index in [4.69, 9.17) is 11.6 Å². The molecule has 1 saturated carbocycles. The predicted octanol–water partition coefficient (Wildman–Crippen LogP) is 4.14. The number of alkyl halides is 2. The zero-order chi connectivity index (χ0) is 19.2. The Labute approximate surface area is 159 Å². The Kier molecular flexibility index (Phi) is 4.50. The van der Waals surface area contributed by atoms with E-state index in [1.807, 2.05) is 0 Å². The SMILES string of the molecule is Cn1cnc2c(=O)n(-c3ccc(Cl)cc3)c(CC3CCC(F)(F)CC3)nc21. The quantitative estimate of drug-likeness (QED) is 0.673. The number of halogens is 3. The van der Waals surface area contributed by atoms with Crippen LogP contribution in [0.15, 0.2) is 35.4 Å². The van der Waals surface area contributed by atoms with Crippen LogP contribution in [0.3, 0.4) is 0 Å². The van der Waals surface area contributed by atoms with Gasteiger partial charge in [-0.3, -0.25) is 9.36 Å². The Hall–Kier alpha value is -2.28. The molecule has 0 radical (unpaired) electrons. The zero-order valence-corrected chi connectivity index (χ0v) is 15.6. The smallest absolute Gasteiger partial charge is 0.286 e. The molecule has 0 unspecified atom stereocenters. The molecule has 0 aliphatic heterocycles. The third-order valence-electron chi connectivity index (χ3n) is 5.20. The lowest BCUT2D eigenvalue weighted by atomic mass is 9.84. The van der Waals surface area contributed by atoms with E-state index in [9.17, 15) is 13.6 Å². The van der Waals surface area contributed by atoms with Gasteiger partial charge in [-0.1, -0.05) is 11.6 Å². The Balaban J connectivity index is 1.80. The fourth-order valence-electron chi connectivity index (χ4n) is 3.66. The summed E-state index contributed by atoms with van der Waals surface area (Å²) >= 11 is 5.97. The molecule has 0 saturated heterocycles. The van der Waals surface area contributed by atoms with E-state index in [0.717, 1.165) is 0 Å². The molecule has 4 rings (SSSR count). The van der Waals surface area contributed by atoms with Crippen LogP contribution in [0.4, 0.5) is 8.78 Å². The first-order chi connectivity index (χ1) is 12.8. The van der Waals surface area contributed by atoms with Gasteiger partial charge in [0.05, 0.1) is 12.0 Å². The lowest BCUT2D eigenvalue weighted by Crippen LogP contribution is -2.29. The largest absolute Gasteiger partial charge is 0.318 e. The molecule has 1 aliphatic rings. The van der Waals surface area contributed by atoms with Crippen LogP contribution in [0.2, 0.25) is 5.02 Å². The fourth-order valence-corrected chi connectivity index (χ4v) is 3.78. The van der Waals surface area contributed by atoms with Gasteiger partial charge in [0.1, 0.15) is 5.82 Å². The highest BCUT2D eigenvalue weighted by Crippen LogP contribution is 2.37. The summed E-state index contributed by atoms with van der Waals surface area (Å²) in [5.74, 6) is -1.94. The van der Waals surface area contributed by atoms with Crippen molar-refractivity contribution in [3.63, 3.8) is 0 Å². The van der Waals surface area contributed by atoms with E-state index in [2.05, 4.69) is 9.97 Å². The lowest BCUT2D eigenvalue weighted by Gasteiger charge is -2.28. The van der Waals surface area contributed by atoms with Crippen molar-refractivity contribution in [2.24, 2.45) is 13.0 Å². The molecule has 0 bridgehead atoms. The molecule has 2 heterocycles. The second kappa shape index (κ2) is 6.71. The van der Waals surface area contributed by atoms with Gasteiger partial charge in [-0.25, -0.2) is 18.7 Å². The van der Waals surface area contributed by atoms with Crippen LogP contribution in [0.1, 0.15) is 31.5 Å². The molecule has 1 aromatic carbocycles. The molecular weight excluding hydrogens is 374 g/mol. The van der Waals surface area contributed by atoms with Crippen molar-refractivity contribution in [2.45, 2.75) is 38.0 Å². The first kappa shape index (κ1) is 18.1. The van der Waals surface area contributed by atoms with Gasteiger partial charge in [0.25, 0.3) is 5.56 Å². The maximum atomic E-state index is 13.5. The summed E-state index contributed by atoms with van der Waals surface area (Å²) in [6.07, 6.45) is 2.64. The average Bonchev–Trinajstić information content (AvgIpc) is 3.00. The molecule has 1 fully saturated rings. The summed E-state index contributed by atoms with van der Waals surface area (Å²) in [7, 11) is 1.78. The molecule has 0 N–H and O–H groups in total. The van der Waals surface area contributed by atoms with Gasteiger partial charge < -0.3 is 4.57 Å². The van der Waals surface area contributed by atoms with Crippen molar-refractivity contribution in [1.82, 2.24) is 19.1 Å². The summed E-state index contributed by atoms with van der Waals surface area (Å²) in [6.45, 7) is 0. The van der Waals surface area contributed by atoms with Crippen molar-refractivity contribution in [3.05, 3.63) is 51.8 Å². The Bertz CT molecular complexity index is 1030. The summed E-state index contributed by atoms with van der Waals surface area (Å²) in [5, 5.41) is 0.565. The maximum Gasteiger partial charge on any atom is 0.286 e. The van der Waals surface area contributed by atoms with Gasteiger partial charge in [0.15, 0.2) is 11.2 Å². The molecule has 0 spiro atoms. The van der Waals surface area contributed by atoms with E-state index >= 15 is 0 Å². The van der Waals surface area contributed by atoms with Crippen LogP contribution in [-0.4, -0.2) is 25.0 Å². The highest BCUT2D eigenvalue weighted by atomic mass is 35.5.